The first kappa shape index (κ1) is 20.2. The molecule has 0 aliphatic carbocycles. The van der Waals surface area contributed by atoms with Crippen LogP contribution in [0.3, 0.4) is 0 Å². The van der Waals surface area contributed by atoms with E-state index >= 15 is 0 Å². The van der Waals surface area contributed by atoms with Crippen LogP contribution in [-0.2, 0) is 0 Å². The van der Waals surface area contributed by atoms with Gasteiger partial charge in [-0.1, -0.05) is 52.4 Å². The van der Waals surface area contributed by atoms with E-state index < -0.39 is 0 Å². The van der Waals surface area contributed by atoms with Crippen LogP contribution in [0.1, 0.15) is 84.5 Å². The van der Waals surface area contributed by atoms with Gasteiger partial charge >= 0.3 is 0 Å². The molecule has 0 saturated heterocycles. The number of hydrogen-bond donors (Lipinski definition) is 0. The summed E-state index contributed by atoms with van der Waals surface area (Å²) < 4.78 is 1.25. The third kappa shape index (κ3) is 12.0. The molecule has 0 aromatic heterocycles. The number of rotatable bonds is 15. The van der Waals surface area contributed by atoms with Gasteiger partial charge in [0, 0.05) is 12.3 Å². The molecular weight excluding hydrogens is 266 g/mol. The quantitative estimate of drug-likeness (QED) is 0.198. The highest BCUT2D eigenvalue weighted by atomic mass is 35.5. The predicted molar refractivity (Wildman–Crippen MR) is 93.6 cm³/mol. The number of nitrogens with zero attached hydrogens (tertiary/aromatic N) is 1. The van der Waals surface area contributed by atoms with E-state index in [0.29, 0.717) is 0 Å². The minimum atomic E-state index is 0.819. The van der Waals surface area contributed by atoms with E-state index in [2.05, 4.69) is 20.9 Å². The lowest BCUT2D eigenvalue weighted by atomic mass is 10.1. The molecule has 20 heavy (non-hydrogen) atoms. The monoisotopic (exact) mass is 304 g/mol. The van der Waals surface area contributed by atoms with E-state index in [9.17, 15) is 0 Å². The average Bonchev–Trinajstić information content (AvgIpc) is 2.45. The van der Waals surface area contributed by atoms with Crippen molar-refractivity contribution >= 4 is 11.6 Å². The third-order valence-corrected chi connectivity index (χ3v) is 4.70. The van der Waals surface area contributed by atoms with Crippen molar-refractivity contribution in [2.24, 2.45) is 0 Å². The van der Waals surface area contributed by atoms with Crippen LogP contribution >= 0.6 is 11.6 Å². The second kappa shape index (κ2) is 14.2. The van der Waals surface area contributed by atoms with Crippen molar-refractivity contribution in [1.29, 1.82) is 0 Å². The van der Waals surface area contributed by atoms with E-state index in [1.165, 1.54) is 94.7 Å². The van der Waals surface area contributed by atoms with E-state index in [0.717, 1.165) is 5.88 Å². The zero-order valence-electron chi connectivity index (χ0n) is 14.4. The maximum absolute atomic E-state index is 5.90. The second-order valence-electron chi connectivity index (χ2n) is 6.66. The van der Waals surface area contributed by atoms with Crippen molar-refractivity contribution in [3.05, 3.63) is 0 Å². The van der Waals surface area contributed by atoms with Crippen LogP contribution in [0, 0.1) is 0 Å². The van der Waals surface area contributed by atoms with E-state index in [1.807, 2.05) is 0 Å². The Hall–Kier alpha value is 0.250. The van der Waals surface area contributed by atoms with Crippen LogP contribution in [0.4, 0.5) is 0 Å². The van der Waals surface area contributed by atoms with Gasteiger partial charge in [0.05, 0.1) is 26.7 Å². The number of quaternary nitrogens is 1. The number of unbranched alkanes of at least 4 members (excludes halogenated alkanes) is 8. The molecule has 0 aliphatic heterocycles. The molecule has 0 radical (unpaired) electrons. The molecule has 0 aromatic rings. The van der Waals surface area contributed by atoms with Gasteiger partial charge in [-0.15, -0.1) is 11.6 Å². The zero-order valence-corrected chi connectivity index (χ0v) is 15.2. The molecule has 0 heterocycles. The first-order valence-corrected chi connectivity index (χ1v) is 9.61. The van der Waals surface area contributed by atoms with Crippen molar-refractivity contribution in [3.8, 4) is 0 Å². The zero-order chi connectivity index (χ0) is 15.1. The normalized spacial score (nSPS) is 12.0. The standard InChI is InChI=1S/C18H39ClN/c1-4-6-8-10-12-16-20(3,18-14-15-19)17-13-11-9-7-5-2/h4-18H2,1-3H3/q+1. The average molecular weight is 305 g/mol. The van der Waals surface area contributed by atoms with Crippen LogP contribution in [-0.4, -0.2) is 37.0 Å². The molecule has 0 fully saturated rings. The lowest BCUT2D eigenvalue weighted by molar-refractivity contribution is -0.910. The molecule has 0 aromatic carbocycles. The van der Waals surface area contributed by atoms with Crippen molar-refractivity contribution in [2.45, 2.75) is 84.5 Å². The second-order valence-corrected chi connectivity index (χ2v) is 7.04. The van der Waals surface area contributed by atoms with Gasteiger partial charge in [-0.2, -0.15) is 0 Å². The Morgan fingerprint density at radius 3 is 1.40 bits per heavy atom. The van der Waals surface area contributed by atoms with Gasteiger partial charge < -0.3 is 4.48 Å². The lowest BCUT2D eigenvalue weighted by Crippen LogP contribution is -2.46. The Morgan fingerprint density at radius 2 is 1.00 bits per heavy atom. The highest BCUT2D eigenvalue weighted by Gasteiger charge is 2.19. The van der Waals surface area contributed by atoms with E-state index in [1.54, 1.807) is 0 Å². The summed E-state index contributed by atoms with van der Waals surface area (Å²) in [6.45, 7) is 8.56. The number of halogens is 1. The first-order chi connectivity index (χ1) is 9.68. The SMILES string of the molecule is CCCCCCC[N+](C)(CCCCl)CCCCCCC. The topological polar surface area (TPSA) is 0 Å². The van der Waals surface area contributed by atoms with Crippen molar-refractivity contribution in [1.82, 2.24) is 0 Å². The molecule has 0 spiro atoms. The molecule has 0 rings (SSSR count). The Labute approximate surface area is 133 Å². The van der Waals surface area contributed by atoms with Gasteiger partial charge in [-0.3, -0.25) is 0 Å². The Morgan fingerprint density at radius 1 is 0.600 bits per heavy atom. The van der Waals surface area contributed by atoms with Gasteiger partial charge in [0.1, 0.15) is 0 Å². The molecule has 2 heteroatoms. The third-order valence-electron chi connectivity index (χ3n) is 4.43. The lowest BCUT2D eigenvalue weighted by Gasteiger charge is -2.35. The van der Waals surface area contributed by atoms with Gasteiger partial charge in [0.25, 0.3) is 0 Å². The summed E-state index contributed by atoms with van der Waals surface area (Å²) in [5, 5.41) is 0. The van der Waals surface area contributed by atoms with Crippen LogP contribution < -0.4 is 0 Å². The van der Waals surface area contributed by atoms with E-state index in [4.69, 9.17) is 11.6 Å². The number of alkyl halides is 1. The summed E-state index contributed by atoms with van der Waals surface area (Å²) in [5.74, 6) is 0.819. The molecule has 122 valence electrons. The van der Waals surface area contributed by atoms with Crippen molar-refractivity contribution < 1.29 is 4.48 Å². The summed E-state index contributed by atoms with van der Waals surface area (Å²) in [6, 6.07) is 0. The smallest absolute Gasteiger partial charge is 0.0796 e. The maximum atomic E-state index is 5.90. The van der Waals surface area contributed by atoms with Crippen molar-refractivity contribution in [3.63, 3.8) is 0 Å². The van der Waals surface area contributed by atoms with Gasteiger partial charge in [0.15, 0.2) is 0 Å². The summed E-state index contributed by atoms with van der Waals surface area (Å²) in [7, 11) is 2.45. The highest BCUT2D eigenvalue weighted by Crippen LogP contribution is 2.14. The molecule has 0 atom stereocenters. The first-order valence-electron chi connectivity index (χ1n) is 9.08. The van der Waals surface area contributed by atoms with Crippen LogP contribution in [0.15, 0.2) is 0 Å². The van der Waals surface area contributed by atoms with Gasteiger partial charge in [0.2, 0.25) is 0 Å². The fourth-order valence-corrected chi connectivity index (χ4v) is 3.09. The van der Waals surface area contributed by atoms with Crippen molar-refractivity contribution in [2.75, 3.05) is 32.6 Å². The highest BCUT2D eigenvalue weighted by molar-refractivity contribution is 6.17. The van der Waals surface area contributed by atoms with E-state index in [-0.39, 0.29) is 0 Å². The number of hydrogen-bond acceptors (Lipinski definition) is 0. The molecule has 0 saturated carbocycles. The molecule has 0 unspecified atom stereocenters. The van der Waals surface area contributed by atoms with Crippen LogP contribution in [0.2, 0.25) is 0 Å². The summed E-state index contributed by atoms with van der Waals surface area (Å²) in [6.07, 6.45) is 15.1. The molecule has 0 bridgehead atoms. The van der Waals surface area contributed by atoms with Crippen LogP contribution in [0.25, 0.3) is 0 Å². The maximum Gasteiger partial charge on any atom is 0.0796 e. The Bertz CT molecular complexity index is 180. The van der Waals surface area contributed by atoms with Gasteiger partial charge in [-0.05, 0) is 25.7 Å². The largest absolute Gasteiger partial charge is 0.326 e. The predicted octanol–water partition coefficient (Wildman–Crippen LogP) is 6.00. The minimum absolute atomic E-state index is 0.819. The Kier molecular flexibility index (Phi) is 14.4. The van der Waals surface area contributed by atoms with Crippen LogP contribution in [0.5, 0.6) is 0 Å². The molecular formula is C18H39ClN+. The summed E-state index contributed by atoms with van der Waals surface area (Å²) >= 11 is 5.90. The van der Waals surface area contributed by atoms with Gasteiger partial charge in [-0.25, -0.2) is 0 Å². The minimum Gasteiger partial charge on any atom is -0.326 e. The fraction of sp³-hybridized carbons (Fsp3) is 1.00. The summed E-state index contributed by atoms with van der Waals surface area (Å²) in [5.41, 5.74) is 0. The summed E-state index contributed by atoms with van der Waals surface area (Å²) in [4.78, 5) is 0. The fourth-order valence-electron chi connectivity index (χ4n) is 2.97. The molecule has 0 aliphatic rings. The molecule has 0 amide bonds. The molecule has 0 N–H and O–H groups in total. The molecule has 1 nitrogen and oxygen atoms in total. The Balaban J connectivity index is 3.88.